The minimum absolute atomic E-state index is 0.00681. The first-order valence-electron chi connectivity index (χ1n) is 6.20. The number of ketones is 2. The van der Waals surface area contributed by atoms with E-state index in [0.717, 1.165) is 12.8 Å². The maximum absolute atomic E-state index is 11.7. The number of carbonyl (C=O) groups is 3. The molecule has 4 nitrogen and oxygen atoms in total. The summed E-state index contributed by atoms with van der Waals surface area (Å²) >= 11 is 0. The average molecular weight is 240 g/mol. The second-order valence-electron chi connectivity index (χ2n) is 4.68. The summed E-state index contributed by atoms with van der Waals surface area (Å²) in [4.78, 5) is 34.9. The van der Waals surface area contributed by atoms with Crippen LogP contribution in [0.1, 0.15) is 45.4 Å². The minimum atomic E-state index is -0.883. The van der Waals surface area contributed by atoms with Gasteiger partial charge in [-0.3, -0.25) is 14.4 Å². The van der Waals surface area contributed by atoms with E-state index in [1.54, 1.807) is 0 Å². The van der Waals surface area contributed by atoms with Crippen molar-refractivity contribution in [1.29, 1.82) is 0 Å². The second kappa shape index (κ2) is 6.52. The Balaban J connectivity index is 2.52. The van der Waals surface area contributed by atoms with E-state index in [4.69, 9.17) is 0 Å². The van der Waals surface area contributed by atoms with Gasteiger partial charge in [-0.15, -0.1) is 0 Å². The zero-order chi connectivity index (χ0) is 12.8. The molecule has 0 aromatic heterocycles. The number of Topliss-reactive ketones (excluding diaryl/α,β-unsaturated/α-hetero) is 2. The zero-order valence-electron chi connectivity index (χ0n) is 10.5. The standard InChI is InChI=1S/C13H20O4/c1-3-4-12(15)11(13(16)17-2)8-10(14)7-9-5-6-9/h9,11H,3-8H2,1-2H3. The summed E-state index contributed by atoms with van der Waals surface area (Å²) in [6.45, 7) is 1.87. The van der Waals surface area contributed by atoms with Crippen LogP contribution in [0.15, 0.2) is 0 Å². The molecule has 0 heterocycles. The molecule has 1 rings (SSSR count). The number of rotatable bonds is 8. The quantitative estimate of drug-likeness (QED) is 0.480. The Kier molecular flexibility index (Phi) is 5.32. The Morgan fingerprint density at radius 2 is 1.94 bits per heavy atom. The topological polar surface area (TPSA) is 60.4 Å². The lowest BCUT2D eigenvalue weighted by Crippen LogP contribution is -2.27. The Bertz CT molecular complexity index is 305. The van der Waals surface area contributed by atoms with Crippen molar-refractivity contribution in [2.24, 2.45) is 11.8 Å². The van der Waals surface area contributed by atoms with Crippen LogP contribution in [-0.4, -0.2) is 24.6 Å². The van der Waals surface area contributed by atoms with Gasteiger partial charge in [0.15, 0.2) is 0 Å². The van der Waals surface area contributed by atoms with Gasteiger partial charge in [0.05, 0.1) is 7.11 Å². The molecule has 0 amide bonds. The number of ether oxygens (including phenoxy) is 1. The van der Waals surface area contributed by atoms with Gasteiger partial charge in [-0.05, 0) is 25.2 Å². The molecule has 17 heavy (non-hydrogen) atoms. The molecule has 0 aromatic carbocycles. The lowest BCUT2D eigenvalue weighted by molar-refractivity contribution is -0.151. The number of carbonyl (C=O) groups excluding carboxylic acids is 3. The van der Waals surface area contributed by atoms with Crippen LogP contribution < -0.4 is 0 Å². The maximum Gasteiger partial charge on any atom is 0.316 e. The molecule has 0 aliphatic heterocycles. The van der Waals surface area contributed by atoms with Gasteiger partial charge < -0.3 is 4.74 Å². The second-order valence-corrected chi connectivity index (χ2v) is 4.68. The van der Waals surface area contributed by atoms with E-state index in [1.807, 2.05) is 6.92 Å². The van der Waals surface area contributed by atoms with Crippen molar-refractivity contribution in [3.8, 4) is 0 Å². The fourth-order valence-corrected chi connectivity index (χ4v) is 1.85. The molecule has 96 valence electrons. The van der Waals surface area contributed by atoms with Crippen molar-refractivity contribution in [2.75, 3.05) is 7.11 Å². The third-order valence-electron chi connectivity index (χ3n) is 3.02. The first-order valence-corrected chi connectivity index (χ1v) is 6.20. The van der Waals surface area contributed by atoms with Gasteiger partial charge in [0, 0.05) is 19.3 Å². The molecule has 4 heteroatoms. The fourth-order valence-electron chi connectivity index (χ4n) is 1.85. The van der Waals surface area contributed by atoms with Crippen LogP contribution in [0.3, 0.4) is 0 Å². The zero-order valence-corrected chi connectivity index (χ0v) is 10.5. The number of esters is 1. The largest absolute Gasteiger partial charge is 0.468 e. The SMILES string of the molecule is CCCC(=O)C(CC(=O)CC1CC1)C(=O)OC. The predicted molar refractivity (Wildman–Crippen MR) is 62.4 cm³/mol. The van der Waals surface area contributed by atoms with Gasteiger partial charge in [0.1, 0.15) is 17.5 Å². The van der Waals surface area contributed by atoms with Gasteiger partial charge in [-0.2, -0.15) is 0 Å². The Morgan fingerprint density at radius 3 is 2.41 bits per heavy atom. The van der Waals surface area contributed by atoms with Crippen LogP contribution in [0.5, 0.6) is 0 Å². The lowest BCUT2D eigenvalue weighted by atomic mass is 9.93. The summed E-state index contributed by atoms with van der Waals surface area (Å²) in [5.74, 6) is -1.14. The molecular weight excluding hydrogens is 220 g/mol. The van der Waals surface area contributed by atoms with Crippen molar-refractivity contribution in [3.63, 3.8) is 0 Å². The van der Waals surface area contributed by atoms with E-state index in [1.165, 1.54) is 7.11 Å². The average Bonchev–Trinajstić information content (AvgIpc) is 3.09. The highest BCUT2D eigenvalue weighted by molar-refractivity contribution is 6.02. The number of hydrogen-bond acceptors (Lipinski definition) is 4. The van der Waals surface area contributed by atoms with Gasteiger partial charge in [-0.1, -0.05) is 6.92 Å². The van der Waals surface area contributed by atoms with Crippen molar-refractivity contribution in [2.45, 2.75) is 45.4 Å². The summed E-state index contributed by atoms with van der Waals surface area (Å²) in [5, 5.41) is 0. The van der Waals surface area contributed by atoms with Crippen LogP contribution in [0, 0.1) is 11.8 Å². The van der Waals surface area contributed by atoms with Crippen molar-refractivity contribution >= 4 is 17.5 Å². The molecule has 0 spiro atoms. The van der Waals surface area contributed by atoms with Crippen LogP contribution in [0.2, 0.25) is 0 Å². The molecule has 0 saturated heterocycles. The maximum atomic E-state index is 11.7. The van der Waals surface area contributed by atoms with Gasteiger partial charge >= 0.3 is 5.97 Å². The molecule has 1 aliphatic rings. The van der Waals surface area contributed by atoms with Crippen molar-refractivity contribution in [1.82, 2.24) is 0 Å². The van der Waals surface area contributed by atoms with E-state index in [9.17, 15) is 14.4 Å². The van der Waals surface area contributed by atoms with Crippen molar-refractivity contribution < 1.29 is 19.1 Å². The lowest BCUT2D eigenvalue weighted by Gasteiger charge is -2.12. The molecule has 0 aromatic rings. The number of methoxy groups -OCH3 is 1. The fraction of sp³-hybridized carbons (Fsp3) is 0.769. The Hall–Kier alpha value is -1.19. The van der Waals surface area contributed by atoms with Crippen LogP contribution in [0.25, 0.3) is 0 Å². The highest BCUT2D eigenvalue weighted by Gasteiger charge is 2.31. The Morgan fingerprint density at radius 1 is 1.29 bits per heavy atom. The summed E-state index contributed by atoms with van der Waals surface area (Å²) in [5.41, 5.74) is 0. The highest BCUT2D eigenvalue weighted by Crippen LogP contribution is 2.33. The smallest absolute Gasteiger partial charge is 0.316 e. The van der Waals surface area contributed by atoms with E-state index < -0.39 is 11.9 Å². The van der Waals surface area contributed by atoms with Crippen LogP contribution >= 0.6 is 0 Å². The molecule has 1 aliphatic carbocycles. The molecule has 1 saturated carbocycles. The molecule has 0 N–H and O–H groups in total. The normalized spacial score (nSPS) is 16.4. The number of hydrogen-bond donors (Lipinski definition) is 0. The van der Waals surface area contributed by atoms with Crippen molar-refractivity contribution in [3.05, 3.63) is 0 Å². The molecule has 0 bridgehead atoms. The molecular formula is C13H20O4. The molecule has 0 radical (unpaired) electrons. The monoisotopic (exact) mass is 240 g/mol. The van der Waals surface area contributed by atoms with Gasteiger partial charge in [0.25, 0.3) is 0 Å². The molecule has 1 fully saturated rings. The van der Waals surface area contributed by atoms with Crippen LogP contribution in [0.4, 0.5) is 0 Å². The molecule has 1 atom stereocenters. The van der Waals surface area contributed by atoms with E-state index >= 15 is 0 Å². The summed E-state index contributed by atoms with van der Waals surface area (Å²) in [7, 11) is 1.25. The van der Waals surface area contributed by atoms with Crippen LogP contribution in [-0.2, 0) is 19.1 Å². The third-order valence-corrected chi connectivity index (χ3v) is 3.02. The first-order chi connectivity index (χ1) is 8.08. The third kappa shape index (κ3) is 4.67. The summed E-state index contributed by atoms with van der Waals surface area (Å²) in [6, 6.07) is 0. The minimum Gasteiger partial charge on any atom is -0.468 e. The van der Waals surface area contributed by atoms with E-state index in [-0.39, 0.29) is 18.0 Å². The van der Waals surface area contributed by atoms with E-state index in [0.29, 0.717) is 25.2 Å². The summed E-state index contributed by atoms with van der Waals surface area (Å²) in [6.07, 6.45) is 3.73. The Labute approximate surface area is 102 Å². The molecule has 1 unspecified atom stereocenters. The van der Waals surface area contributed by atoms with E-state index in [2.05, 4.69) is 4.74 Å². The highest BCUT2D eigenvalue weighted by atomic mass is 16.5. The predicted octanol–water partition coefficient (Wildman–Crippen LogP) is 1.90. The van der Waals surface area contributed by atoms with Gasteiger partial charge in [0.2, 0.25) is 0 Å². The summed E-state index contributed by atoms with van der Waals surface area (Å²) < 4.78 is 4.59. The first kappa shape index (κ1) is 13.9. The van der Waals surface area contributed by atoms with Gasteiger partial charge in [-0.25, -0.2) is 0 Å².